The molecule has 0 saturated heterocycles. The number of nitrogens with one attached hydrogen (secondary N) is 1. The van der Waals surface area contributed by atoms with Gasteiger partial charge in [-0.25, -0.2) is 13.1 Å². The van der Waals surface area contributed by atoms with E-state index in [1.165, 1.54) is 0 Å². The first-order chi connectivity index (χ1) is 6.33. The Morgan fingerprint density at radius 3 is 2.36 bits per heavy atom. The van der Waals surface area contributed by atoms with Crippen LogP contribution in [0, 0.1) is 5.41 Å². The molecule has 0 unspecified atom stereocenters. The summed E-state index contributed by atoms with van der Waals surface area (Å²) in [5.41, 5.74) is 0.0182. The Bertz CT molecular complexity index is 250. The Kier molecular flexibility index (Phi) is 6.25. The average molecular weight is 286 g/mol. The van der Waals surface area contributed by atoms with E-state index in [2.05, 4.69) is 34.5 Å². The van der Waals surface area contributed by atoms with E-state index in [1.54, 1.807) is 0 Å². The predicted octanol–water partition coefficient (Wildman–Crippen LogP) is 2.13. The van der Waals surface area contributed by atoms with Crippen LogP contribution in [0.3, 0.4) is 0 Å². The zero-order valence-electron chi connectivity index (χ0n) is 9.14. The molecule has 0 fully saturated rings. The van der Waals surface area contributed by atoms with Gasteiger partial charge in [-0.2, -0.15) is 0 Å². The molecule has 0 aromatic rings. The highest BCUT2D eigenvalue weighted by atomic mass is 79.9. The van der Waals surface area contributed by atoms with Gasteiger partial charge in [0.15, 0.2) is 0 Å². The summed E-state index contributed by atoms with van der Waals surface area (Å²) in [6.07, 6.45) is 1.62. The van der Waals surface area contributed by atoms with Crippen molar-refractivity contribution in [3.05, 3.63) is 0 Å². The van der Waals surface area contributed by atoms with Gasteiger partial charge in [-0.05, 0) is 18.3 Å². The SMILES string of the molecule is CCCS(=O)(=O)NCC(C)(C)CCBr. The number of halogens is 1. The number of hydrogen-bond donors (Lipinski definition) is 1. The summed E-state index contributed by atoms with van der Waals surface area (Å²) in [6.45, 7) is 6.50. The monoisotopic (exact) mass is 285 g/mol. The predicted molar refractivity (Wildman–Crippen MR) is 64.3 cm³/mol. The first-order valence-corrected chi connectivity index (χ1v) is 7.63. The van der Waals surface area contributed by atoms with Gasteiger partial charge in [0.1, 0.15) is 0 Å². The van der Waals surface area contributed by atoms with E-state index in [-0.39, 0.29) is 11.2 Å². The van der Waals surface area contributed by atoms with Gasteiger partial charge in [0, 0.05) is 11.9 Å². The lowest BCUT2D eigenvalue weighted by molar-refractivity contribution is 0.354. The molecule has 3 nitrogen and oxygen atoms in total. The van der Waals surface area contributed by atoms with Crippen molar-refractivity contribution in [3.8, 4) is 0 Å². The first kappa shape index (κ1) is 14.4. The largest absolute Gasteiger partial charge is 0.215 e. The van der Waals surface area contributed by atoms with Crippen molar-refractivity contribution in [1.82, 2.24) is 4.72 Å². The van der Waals surface area contributed by atoms with E-state index in [0.29, 0.717) is 13.0 Å². The fourth-order valence-corrected chi connectivity index (χ4v) is 3.36. The van der Waals surface area contributed by atoms with Crippen molar-refractivity contribution in [2.45, 2.75) is 33.6 Å². The second kappa shape index (κ2) is 6.08. The first-order valence-electron chi connectivity index (χ1n) is 4.86. The molecule has 0 bridgehead atoms. The minimum atomic E-state index is -3.05. The van der Waals surface area contributed by atoms with Crippen LogP contribution in [-0.2, 0) is 10.0 Å². The smallest absolute Gasteiger partial charge is 0.211 e. The summed E-state index contributed by atoms with van der Waals surface area (Å²) >= 11 is 3.36. The van der Waals surface area contributed by atoms with Gasteiger partial charge in [-0.15, -0.1) is 0 Å². The highest BCUT2D eigenvalue weighted by Gasteiger charge is 2.19. The van der Waals surface area contributed by atoms with Gasteiger partial charge < -0.3 is 0 Å². The zero-order chi connectivity index (χ0) is 11.2. The molecular formula is C9H20BrNO2S. The van der Waals surface area contributed by atoms with Gasteiger partial charge in [-0.1, -0.05) is 36.7 Å². The van der Waals surface area contributed by atoms with Crippen LogP contribution in [0.4, 0.5) is 0 Å². The molecule has 0 spiro atoms. The lowest BCUT2D eigenvalue weighted by atomic mass is 9.91. The lowest BCUT2D eigenvalue weighted by Gasteiger charge is -2.23. The zero-order valence-corrected chi connectivity index (χ0v) is 11.5. The van der Waals surface area contributed by atoms with Crippen LogP contribution in [0.25, 0.3) is 0 Å². The van der Waals surface area contributed by atoms with Gasteiger partial charge in [-0.3, -0.25) is 0 Å². The molecule has 0 aliphatic heterocycles. The van der Waals surface area contributed by atoms with Crippen molar-refractivity contribution >= 4 is 26.0 Å². The topological polar surface area (TPSA) is 46.2 Å². The van der Waals surface area contributed by atoms with Gasteiger partial charge >= 0.3 is 0 Å². The summed E-state index contributed by atoms with van der Waals surface area (Å²) in [4.78, 5) is 0. The second-order valence-corrected chi connectivity index (χ2v) is 6.96. The number of hydrogen-bond acceptors (Lipinski definition) is 2. The van der Waals surface area contributed by atoms with Crippen molar-refractivity contribution < 1.29 is 8.42 Å². The molecular weight excluding hydrogens is 266 g/mol. The molecule has 86 valence electrons. The minimum Gasteiger partial charge on any atom is -0.215 e. The quantitative estimate of drug-likeness (QED) is 0.729. The molecule has 0 radical (unpaired) electrons. The molecule has 14 heavy (non-hydrogen) atoms. The van der Waals surface area contributed by atoms with Gasteiger partial charge in [0.05, 0.1) is 5.75 Å². The molecule has 1 N–H and O–H groups in total. The van der Waals surface area contributed by atoms with Crippen LogP contribution < -0.4 is 4.72 Å². The van der Waals surface area contributed by atoms with Crippen LogP contribution in [0.5, 0.6) is 0 Å². The third kappa shape index (κ3) is 6.79. The molecule has 0 heterocycles. The number of rotatable bonds is 7. The maximum Gasteiger partial charge on any atom is 0.211 e. The van der Waals surface area contributed by atoms with E-state index in [4.69, 9.17) is 0 Å². The van der Waals surface area contributed by atoms with E-state index in [9.17, 15) is 8.42 Å². The highest BCUT2D eigenvalue weighted by molar-refractivity contribution is 9.09. The summed E-state index contributed by atoms with van der Waals surface area (Å²) in [5.74, 6) is 0.220. The Hall–Kier alpha value is 0.390. The number of alkyl halides is 1. The van der Waals surface area contributed by atoms with E-state index in [1.807, 2.05) is 6.92 Å². The van der Waals surface area contributed by atoms with E-state index < -0.39 is 10.0 Å². The van der Waals surface area contributed by atoms with Crippen LogP contribution in [0.2, 0.25) is 0 Å². The Labute approximate surface area is 95.8 Å². The molecule has 0 aliphatic carbocycles. The maximum absolute atomic E-state index is 11.4. The van der Waals surface area contributed by atoms with E-state index in [0.717, 1.165) is 11.8 Å². The molecule has 0 aromatic carbocycles. The number of sulfonamides is 1. The highest BCUT2D eigenvalue weighted by Crippen LogP contribution is 2.20. The Morgan fingerprint density at radius 2 is 1.93 bits per heavy atom. The average Bonchev–Trinajstić information content (AvgIpc) is 2.01. The van der Waals surface area contributed by atoms with Crippen LogP contribution in [-0.4, -0.2) is 26.0 Å². The summed E-state index contributed by atoms with van der Waals surface area (Å²) in [7, 11) is -3.05. The summed E-state index contributed by atoms with van der Waals surface area (Å²) in [6, 6.07) is 0. The van der Waals surface area contributed by atoms with E-state index >= 15 is 0 Å². The van der Waals surface area contributed by atoms with Crippen LogP contribution in [0.15, 0.2) is 0 Å². The molecule has 0 amide bonds. The molecule has 0 rings (SSSR count). The van der Waals surface area contributed by atoms with Crippen LogP contribution in [0.1, 0.15) is 33.6 Å². The standard InChI is InChI=1S/C9H20BrNO2S/c1-4-7-14(12,13)11-8-9(2,3)5-6-10/h11H,4-8H2,1-3H3. The van der Waals surface area contributed by atoms with Crippen molar-refractivity contribution in [2.75, 3.05) is 17.6 Å². The molecule has 5 heteroatoms. The van der Waals surface area contributed by atoms with Crippen LogP contribution >= 0.6 is 15.9 Å². The third-order valence-corrected chi connectivity index (χ3v) is 3.94. The Morgan fingerprint density at radius 1 is 1.36 bits per heavy atom. The minimum absolute atomic E-state index is 0.0182. The molecule has 0 aromatic heterocycles. The Balaban J connectivity index is 4.04. The molecule has 0 saturated carbocycles. The van der Waals surface area contributed by atoms with Crippen molar-refractivity contribution in [3.63, 3.8) is 0 Å². The third-order valence-electron chi connectivity index (χ3n) is 2.01. The fraction of sp³-hybridized carbons (Fsp3) is 1.00. The lowest BCUT2D eigenvalue weighted by Crippen LogP contribution is -2.35. The van der Waals surface area contributed by atoms with Crippen molar-refractivity contribution in [1.29, 1.82) is 0 Å². The van der Waals surface area contributed by atoms with Gasteiger partial charge in [0.2, 0.25) is 10.0 Å². The van der Waals surface area contributed by atoms with Crippen molar-refractivity contribution in [2.24, 2.45) is 5.41 Å². The summed E-state index contributed by atoms with van der Waals surface area (Å²) < 4.78 is 25.4. The summed E-state index contributed by atoms with van der Waals surface area (Å²) in [5, 5.41) is 0.898. The normalized spacial score (nSPS) is 13.1. The maximum atomic E-state index is 11.4. The second-order valence-electron chi connectivity index (χ2n) is 4.24. The van der Waals surface area contributed by atoms with Gasteiger partial charge in [0.25, 0.3) is 0 Å². The fourth-order valence-electron chi connectivity index (χ4n) is 0.990. The molecule has 0 aliphatic rings. The molecule has 0 atom stereocenters.